The van der Waals surface area contributed by atoms with Gasteiger partial charge >= 0.3 is 0 Å². The summed E-state index contributed by atoms with van der Waals surface area (Å²) >= 11 is 1.64. The van der Waals surface area contributed by atoms with E-state index < -0.39 is 10.0 Å². The number of rotatable bonds is 8. The molecule has 0 atom stereocenters. The quantitative estimate of drug-likeness (QED) is 0.525. The number of carbonyl (C=O) groups excluding carboxylic acids is 1. The molecule has 8 heteroatoms. The van der Waals surface area contributed by atoms with Gasteiger partial charge in [-0.1, -0.05) is 18.2 Å². The highest BCUT2D eigenvalue weighted by Gasteiger charge is 2.28. The highest BCUT2D eigenvalue weighted by Crippen LogP contribution is 2.26. The van der Waals surface area contributed by atoms with Crippen molar-refractivity contribution in [1.82, 2.24) is 9.62 Å². The molecular weight excluding hydrogens is 396 g/mol. The van der Waals surface area contributed by atoms with Crippen LogP contribution >= 0.6 is 11.8 Å². The molecule has 1 amide bonds. The number of hydrogen-bond donors (Lipinski definition) is 1. The smallest absolute Gasteiger partial charge is 0.255 e. The van der Waals surface area contributed by atoms with Crippen LogP contribution in [0.15, 0.2) is 58.3 Å². The molecule has 150 valence electrons. The van der Waals surface area contributed by atoms with Crippen LogP contribution in [0.3, 0.4) is 0 Å². The summed E-state index contributed by atoms with van der Waals surface area (Å²) in [7, 11) is -2.12. The van der Waals surface area contributed by atoms with Crippen LogP contribution in [-0.4, -0.2) is 51.1 Å². The van der Waals surface area contributed by atoms with Crippen LogP contribution in [0.5, 0.6) is 5.75 Å². The number of hydrogen-bond acceptors (Lipinski definition) is 5. The van der Waals surface area contributed by atoms with Gasteiger partial charge in [0.2, 0.25) is 10.0 Å². The molecule has 0 unspecified atom stereocenters. The summed E-state index contributed by atoms with van der Waals surface area (Å²) in [5.74, 6) is 0.724. The van der Waals surface area contributed by atoms with E-state index in [9.17, 15) is 13.2 Å². The maximum atomic E-state index is 12.8. The van der Waals surface area contributed by atoms with E-state index in [1.807, 2.05) is 30.3 Å². The number of sulfonamides is 1. The highest BCUT2D eigenvalue weighted by molar-refractivity contribution is 7.99. The molecule has 2 aromatic carbocycles. The van der Waals surface area contributed by atoms with Crippen molar-refractivity contribution in [3.8, 4) is 5.75 Å². The van der Waals surface area contributed by atoms with E-state index >= 15 is 0 Å². The number of nitrogens with one attached hydrogen (secondary N) is 1. The van der Waals surface area contributed by atoms with Crippen molar-refractivity contribution in [1.29, 1.82) is 0 Å². The Morgan fingerprint density at radius 1 is 1.14 bits per heavy atom. The number of methoxy groups -OCH3 is 1. The molecular formula is C20H24N2O4S2. The summed E-state index contributed by atoms with van der Waals surface area (Å²) in [4.78, 5) is 13.9. The Balaban J connectivity index is 1.68. The fourth-order valence-electron chi connectivity index (χ4n) is 3.05. The fourth-order valence-corrected chi connectivity index (χ4v) is 5.38. The van der Waals surface area contributed by atoms with Crippen LogP contribution < -0.4 is 10.1 Å². The third-order valence-corrected chi connectivity index (χ3v) is 7.43. The van der Waals surface area contributed by atoms with Crippen LogP contribution in [0.25, 0.3) is 0 Å². The Morgan fingerprint density at radius 3 is 2.54 bits per heavy atom. The second-order valence-corrected chi connectivity index (χ2v) is 9.50. The fraction of sp³-hybridized carbons (Fsp3) is 0.350. The van der Waals surface area contributed by atoms with Gasteiger partial charge in [-0.25, -0.2) is 8.42 Å². The monoisotopic (exact) mass is 420 g/mol. The van der Waals surface area contributed by atoms with Gasteiger partial charge in [-0.3, -0.25) is 4.79 Å². The minimum absolute atomic E-state index is 0.124. The van der Waals surface area contributed by atoms with E-state index in [-0.39, 0.29) is 16.4 Å². The molecule has 0 spiro atoms. The van der Waals surface area contributed by atoms with Crippen LogP contribution in [0.4, 0.5) is 0 Å². The maximum absolute atomic E-state index is 12.8. The van der Waals surface area contributed by atoms with Gasteiger partial charge in [0.05, 0.1) is 17.6 Å². The Labute approximate surface area is 170 Å². The number of nitrogens with zero attached hydrogens (tertiary/aromatic N) is 1. The minimum Gasteiger partial charge on any atom is -0.496 e. The molecule has 2 aromatic rings. The van der Waals surface area contributed by atoms with E-state index in [0.29, 0.717) is 31.1 Å². The molecule has 0 aliphatic carbocycles. The lowest BCUT2D eigenvalue weighted by atomic mass is 10.2. The second kappa shape index (κ2) is 9.45. The summed E-state index contributed by atoms with van der Waals surface area (Å²) in [5.41, 5.74) is 0.229. The van der Waals surface area contributed by atoms with Gasteiger partial charge in [-0.2, -0.15) is 4.31 Å². The van der Waals surface area contributed by atoms with E-state index in [1.165, 1.54) is 29.6 Å². The number of amides is 1. The molecule has 0 saturated carbocycles. The van der Waals surface area contributed by atoms with Gasteiger partial charge in [0.25, 0.3) is 5.91 Å². The molecule has 0 bridgehead atoms. The molecule has 1 N–H and O–H groups in total. The average molecular weight is 421 g/mol. The predicted molar refractivity (Wildman–Crippen MR) is 110 cm³/mol. The molecule has 28 heavy (non-hydrogen) atoms. The van der Waals surface area contributed by atoms with Crippen LogP contribution in [-0.2, 0) is 10.0 Å². The topological polar surface area (TPSA) is 75.7 Å². The standard InChI is InChI=1S/C20H24N2O4S2/c1-26-19-10-9-17(28(24,25)22-12-5-6-13-22)15-18(19)20(23)21-11-14-27-16-7-3-2-4-8-16/h2-4,7-10,15H,5-6,11-14H2,1H3,(H,21,23). The number of thioether (sulfide) groups is 1. The van der Waals surface area contributed by atoms with Crippen LogP contribution in [0.2, 0.25) is 0 Å². The van der Waals surface area contributed by atoms with E-state index in [0.717, 1.165) is 17.7 Å². The molecule has 0 radical (unpaired) electrons. The number of carbonyl (C=O) groups is 1. The average Bonchev–Trinajstić information content (AvgIpc) is 3.27. The zero-order chi connectivity index (χ0) is 20.0. The summed E-state index contributed by atoms with van der Waals surface area (Å²) < 4.78 is 32.3. The summed E-state index contributed by atoms with van der Waals surface area (Å²) in [6, 6.07) is 14.4. The van der Waals surface area contributed by atoms with Gasteiger partial charge < -0.3 is 10.1 Å². The zero-order valence-corrected chi connectivity index (χ0v) is 17.4. The number of ether oxygens (including phenoxy) is 1. The van der Waals surface area contributed by atoms with Crippen molar-refractivity contribution < 1.29 is 17.9 Å². The summed E-state index contributed by atoms with van der Waals surface area (Å²) in [6.07, 6.45) is 1.73. The first-order valence-electron chi connectivity index (χ1n) is 9.16. The molecule has 1 aliphatic rings. The zero-order valence-electron chi connectivity index (χ0n) is 15.8. The lowest BCUT2D eigenvalue weighted by Gasteiger charge is -2.17. The Kier molecular flexibility index (Phi) is 6.98. The van der Waals surface area contributed by atoms with E-state index in [1.54, 1.807) is 11.8 Å². The van der Waals surface area contributed by atoms with Crippen LogP contribution in [0, 0.1) is 0 Å². The predicted octanol–water partition coefficient (Wildman–Crippen LogP) is 3.00. The van der Waals surface area contributed by atoms with E-state index in [2.05, 4.69) is 5.32 Å². The maximum Gasteiger partial charge on any atom is 0.255 e. The van der Waals surface area contributed by atoms with Crippen molar-refractivity contribution in [3.05, 3.63) is 54.1 Å². The lowest BCUT2D eigenvalue weighted by Crippen LogP contribution is -2.29. The second-order valence-electron chi connectivity index (χ2n) is 6.39. The third kappa shape index (κ3) is 4.87. The summed E-state index contributed by atoms with van der Waals surface area (Å²) in [5, 5.41) is 2.84. The van der Waals surface area contributed by atoms with Crippen molar-refractivity contribution in [2.24, 2.45) is 0 Å². The molecule has 6 nitrogen and oxygen atoms in total. The largest absolute Gasteiger partial charge is 0.496 e. The Morgan fingerprint density at radius 2 is 1.86 bits per heavy atom. The lowest BCUT2D eigenvalue weighted by molar-refractivity contribution is 0.0953. The molecule has 1 aliphatic heterocycles. The molecule has 1 saturated heterocycles. The van der Waals surface area contributed by atoms with Crippen molar-refractivity contribution in [3.63, 3.8) is 0 Å². The van der Waals surface area contributed by atoms with Gasteiger partial charge in [0, 0.05) is 30.3 Å². The highest BCUT2D eigenvalue weighted by atomic mass is 32.2. The van der Waals surface area contributed by atoms with Gasteiger partial charge in [0.15, 0.2) is 0 Å². The van der Waals surface area contributed by atoms with Crippen molar-refractivity contribution in [2.45, 2.75) is 22.6 Å². The first-order chi connectivity index (χ1) is 13.5. The summed E-state index contributed by atoms with van der Waals surface area (Å²) in [6.45, 7) is 1.50. The van der Waals surface area contributed by atoms with Crippen molar-refractivity contribution >= 4 is 27.7 Å². The van der Waals surface area contributed by atoms with E-state index in [4.69, 9.17) is 4.74 Å². The first kappa shape index (κ1) is 20.7. The SMILES string of the molecule is COc1ccc(S(=O)(=O)N2CCCC2)cc1C(=O)NCCSc1ccccc1. The first-order valence-corrected chi connectivity index (χ1v) is 11.6. The normalized spacial score (nSPS) is 14.8. The molecule has 1 heterocycles. The third-order valence-electron chi connectivity index (χ3n) is 4.52. The molecule has 3 rings (SSSR count). The van der Waals surface area contributed by atoms with Crippen molar-refractivity contribution in [2.75, 3.05) is 32.5 Å². The van der Waals surface area contributed by atoms with Crippen LogP contribution in [0.1, 0.15) is 23.2 Å². The minimum atomic E-state index is -3.59. The van der Waals surface area contributed by atoms with Gasteiger partial charge in [-0.05, 0) is 43.2 Å². The molecule has 0 aromatic heterocycles. The van der Waals surface area contributed by atoms with Gasteiger partial charge in [0.1, 0.15) is 5.75 Å². The molecule has 1 fully saturated rings. The number of benzene rings is 2. The Bertz CT molecular complexity index is 911. The Hall–Kier alpha value is -2.03. The van der Waals surface area contributed by atoms with Gasteiger partial charge in [-0.15, -0.1) is 11.8 Å².